The summed E-state index contributed by atoms with van der Waals surface area (Å²) in [6.45, 7) is 11.4. The minimum Gasteiger partial charge on any atom is -0.494 e. The second-order valence-corrected chi connectivity index (χ2v) is 12.6. The summed E-state index contributed by atoms with van der Waals surface area (Å²) in [5.74, 6) is -0.574. The number of halogens is 2. The van der Waals surface area contributed by atoms with Gasteiger partial charge in [-0.05, 0) is 95.6 Å². The summed E-state index contributed by atoms with van der Waals surface area (Å²) in [4.78, 5) is 51.2. The number of nitrogens with one attached hydrogen (secondary N) is 2. The maximum atomic E-state index is 13.2. The first kappa shape index (κ1) is 42.9. The molecule has 16 heteroatoms. The summed E-state index contributed by atoms with van der Waals surface area (Å²) in [5.41, 5.74) is 2.38. The third-order valence-electron chi connectivity index (χ3n) is 7.69. The van der Waals surface area contributed by atoms with Gasteiger partial charge in [0.2, 0.25) is 12.1 Å². The molecule has 4 aromatic rings. The van der Waals surface area contributed by atoms with E-state index >= 15 is 0 Å². The molecule has 0 saturated heterocycles. The lowest BCUT2D eigenvalue weighted by Gasteiger charge is -2.15. The molecule has 0 aliphatic heterocycles. The van der Waals surface area contributed by atoms with Crippen LogP contribution in [0.25, 0.3) is 11.1 Å². The molecule has 294 valence electrons. The van der Waals surface area contributed by atoms with Crippen molar-refractivity contribution in [1.82, 2.24) is 0 Å². The van der Waals surface area contributed by atoms with E-state index in [4.69, 9.17) is 42.1 Å². The summed E-state index contributed by atoms with van der Waals surface area (Å²) in [7, 11) is 0. The van der Waals surface area contributed by atoms with E-state index in [1.165, 1.54) is 19.9 Å². The van der Waals surface area contributed by atoms with Crippen LogP contribution in [-0.4, -0.2) is 61.9 Å². The molecule has 0 bridgehead atoms. The number of ketones is 2. The molecule has 0 aromatic heterocycles. The van der Waals surface area contributed by atoms with Gasteiger partial charge < -0.3 is 29.6 Å². The number of hydrogen-bond donors (Lipinski definition) is 2. The van der Waals surface area contributed by atoms with Crippen LogP contribution in [-0.2, 0) is 19.2 Å². The van der Waals surface area contributed by atoms with Gasteiger partial charge in [0.05, 0.1) is 53.5 Å². The summed E-state index contributed by atoms with van der Waals surface area (Å²) in [6.07, 6.45) is 0. The molecular weight excluding hydrogens is 763 g/mol. The molecule has 0 aliphatic carbocycles. The van der Waals surface area contributed by atoms with Crippen LogP contribution in [0.2, 0.25) is 10.0 Å². The number of carbonyl (C=O) groups excluding carboxylic acids is 4. The highest BCUT2D eigenvalue weighted by atomic mass is 35.5. The largest absolute Gasteiger partial charge is 0.494 e. The Balaban J connectivity index is 1.47. The van der Waals surface area contributed by atoms with Gasteiger partial charge in [0.25, 0.3) is 11.8 Å². The summed E-state index contributed by atoms with van der Waals surface area (Å²) in [6, 6.07) is 16.7. The first-order chi connectivity index (χ1) is 26.9. The second kappa shape index (κ2) is 20.7. The Kier molecular flexibility index (Phi) is 15.9. The Morgan fingerprint density at radius 1 is 0.589 bits per heavy atom. The van der Waals surface area contributed by atoms with Crippen molar-refractivity contribution in [1.29, 1.82) is 0 Å². The lowest BCUT2D eigenvalue weighted by Crippen LogP contribution is -2.32. The van der Waals surface area contributed by atoms with E-state index in [2.05, 4.69) is 31.1 Å². The average Bonchev–Trinajstić information content (AvgIpc) is 3.15. The fourth-order valence-electron chi connectivity index (χ4n) is 5.10. The number of amides is 2. The number of carbonyl (C=O) groups is 4. The van der Waals surface area contributed by atoms with E-state index in [1.54, 1.807) is 73.7 Å². The van der Waals surface area contributed by atoms with Gasteiger partial charge in [-0.3, -0.25) is 19.2 Å². The van der Waals surface area contributed by atoms with E-state index < -0.39 is 35.5 Å². The molecule has 14 nitrogen and oxygen atoms in total. The maximum Gasteiger partial charge on any atom is 0.258 e. The van der Waals surface area contributed by atoms with Gasteiger partial charge in [0.15, 0.2) is 11.6 Å². The van der Waals surface area contributed by atoms with Crippen LogP contribution in [0.1, 0.15) is 41.5 Å². The lowest BCUT2D eigenvalue weighted by molar-refractivity contribution is -0.127. The van der Waals surface area contributed by atoms with Gasteiger partial charge in [-0.15, -0.1) is 0 Å². The van der Waals surface area contributed by atoms with E-state index in [0.29, 0.717) is 77.6 Å². The minimum atomic E-state index is -1.49. The maximum absolute atomic E-state index is 13.2. The molecule has 0 heterocycles. The van der Waals surface area contributed by atoms with Crippen LogP contribution in [0.15, 0.2) is 93.3 Å². The molecule has 2 N–H and O–H groups in total. The van der Waals surface area contributed by atoms with Crippen molar-refractivity contribution >= 4 is 69.3 Å². The number of benzene rings is 4. The molecule has 0 saturated carbocycles. The fraction of sp³-hybridized carbons (Fsp3) is 0.300. The Bertz CT molecular complexity index is 2110. The monoisotopic (exact) mass is 804 g/mol. The van der Waals surface area contributed by atoms with Crippen LogP contribution in [0.3, 0.4) is 0 Å². The summed E-state index contributed by atoms with van der Waals surface area (Å²) >= 11 is 13.2. The van der Waals surface area contributed by atoms with E-state index in [0.717, 1.165) is 0 Å². The van der Waals surface area contributed by atoms with Crippen molar-refractivity contribution in [2.24, 2.45) is 20.5 Å². The van der Waals surface area contributed by atoms with Gasteiger partial charge in [-0.1, -0.05) is 35.3 Å². The van der Waals surface area contributed by atoms with E-state index in [-0.39, 0.29) is 15.7 Å². The third kappa shape index (κ3) is 11.6. The highest BCUT2D eigenvalue weighted by molar-refractivity contribution is 6.37. The zero-order valence-corrected chi connectivity index (χ0v) is 33.2. The van der Waals surface area contributed by atoms with Crippen LogP contribution < -0.4 is 29.6 Å². The standard InChI is InChI=1S/C40H42Cl2N6O8/c1-7-53-27-15-17-32(35(19-27)55-9-3)43-39(51)37(23(5)49)47-45-26-13-11-25(12-14-26)29-21-31(42)34(22-30(29)41)46-48-38(24(6)50)40(52)44-33-18-16-28(54-8-2)20-36(33)56-10-4/h11-22,37-38H,7-10H2,1-6H3,(H,43,51)(H,44,52). The summed E-state index contributed by atoms with van der Waals surface area (Å²) < 4.78 is 22.3. The van der Waals surface area contributed by atoms with Crippen molar-refractivity contribution in [2.45, 2.75) is 53.6 Å². The smallest absolute Gasteiger partial charge is 0.258 e. The summed E-state index contributed by atoms with van der Waals surface area (Å²) in [5, 5.41) is 22.0. The lowest BCUT2D eigenvalue weighted by atomic mass is 10.0. The zero-order chi connectivity index (χ0) is 40.8. The second-order valence-electron chi connectivity index (χ2n) is 11.8. The Labute approximate surface area is 334 Å². The SMILES string of the molecule is CCOc1ccc(NC(=O)C(N=Nc2ccc(-c3cc(Cl)c(N=NC(C(C)=O)C(=O)Nc4ccc(OCC)cc4OCC)cc3Cl)cc2)C(C)=O)c(OCC)c1. The number of rotatable bonds is 19. The molecule has 2 atom stereocenters. The number of ether oxygens (including phenoxy) is 4. The number of hydrogen-bond acceptors (Lipinski definition) is 12. The average molecular weight is 806 g/mol. The van der Waals surface area contributed by atoms with E-state index in [9.17, 15) is 19.2 Å². The molecular formula is C40H42Cl2N6O8. The van der Waals surface area contributed by atoms with Gasteiger partial charge in [-0.25, -0.2) is 0 Å². The highest BCUT2D eigenvalue weighted by Crippen LogP contribution is 2.38. The number of azo groups is 2. The van der Waals surface area contributed by atoms with Gasteiger partial charge in [-0.2, -0.15) is 20.5 Å². The quantitative estimate of drug-likeness (QED) is 0.0695. The van der Waals surface area contributed by atoms with Crippen molar-refractivity contribution in [2.75, 3.05) is 37.1 Å². The molecule has 0 fully saturated rings. The minimum absolute atomic E-state index is 0.133. The zero-order valence-electron chi connectivity index (χ0n) is 31.7. The van der Waals surface area contributed by atoms with Gasteiger partial charge in [0, 0.05) is 17.7 Å². The first-order valence-corrected chi connectivity index (χ1v) is 18.5. The van der Waals surface area contributed by atoms with E-state index in [1.807, 2.05) is 20.8 Å². The van der Waals surface area contributed by atoms with Gasteiger partial charge >= 0.3 is 0 Å². The molecule has 0 radical (unpaired) electrons. The predicted molar refractivity (Wildman–Crippen MR) is 215 cm³/mol. The molecule has 0 aliphatic rings. The molecule has 4 aromatic carbocycles. The highest BCUT2D eigenvalue weighted by Gasteiger charge is 2.26. The van der Waals surface area contributed by atoms with Crippen LogP contribution in [0, 0.1) is 0 Å². The van der Waals surface area contributed by atoms with Crippen LogP contribution >= 0.6 is 23.2 Å². The molecule has 2 unspecified atom stereocenters. The van der Waals surface area contributed by atoms with Crippen molar-refractivity contribution in [3.63, 3.8) is 0 Å². The predicted octanol–water partition coefficient (Wildman–Crippen LogP) is 9.62. The van der Waals surface area contributed by atoms with Crippen molar-refractivity contribution in [3.05, 3.63) is 82.8 Å². The molecule has 56 heavy (non-hydrogen) atoms. The topological polar surface area (TPSA) is 179 Å². The number of anilines is 2. The van der Waals surface area contributed by atoms with Crippen LogP contribution in [0.4, 0.5) is 22.7 Å². The van der Waals surface area contributed by atoms with Crippen molar-refractivity contribution < 1.29 is 38.1 Å². The molecule has 0 spiro atoms. The first-order valence-electron chi connectivity index (χ1n) is 17.7. The Hall–Kier alpha value is -5.86. The van der Waals surface area contributed by atoms with Gasteiger partial charge in [0.1, 0.15) is 28.7 Å². The Morgan fingerprint density at radius 2 is 1.05 bits per heavy atom. The number of nitrogens with zero attached hydrogens (tertiary/aromatic N) is 4. The molecule has 4 rings (SSSR count). The Morgan fingerprint density at radius 3 is 1.50 bits per heavy atom. The molecule has 2 amide bonds. The number of Topliss-reactive ketones (excluding diaryl/α,β-unsaturated/α-hetero) is 2. The third-order valence-corrected chi connectivity index (χ3v) is 8.31. The normalized spacial score (nSPS) is 12.2. The van der Waals surface area contributed by atoms with Crippen LogP contribution in [0.5, 0.6) is 23.0 Å². The van der Waals surface area contributed by atoms with Crippen molar-refractivity contribution in [3.8, 4) is 34.1 Å². The fourth-order valence-corrected chi connectivity index (χ4v) is 5.57.